The van der Waals surface area contributed by atoms with Gasteiger partial charge < -0.3 is 13.6 Å². The first-order chi connectivity index (χ1) is 61.0. The fourth-order valence-electron chi connectivity index (χ4n) is 15.9. The first-order valence-corrected chi connectivity index (χ1v) is 37.4. The van der Waals surface area contributed by atoms with Crippen molar-refractivity contribution in [2.24, 2.45) is 0 Å². The van der Waals surface area contributed by atoms with Gasteiger partial charge in [0.1, 0.15) is 39.6 Å². The van der Waals surface area contributed by atoms with E-state index in [2.05, 4.69) is 80.2 Å². The number of benzene rings is 15. The molecular formula is C100H68N4O3Si. The maximum Gasteiger partial charge on any atom is 0.269 e. The Balaban J connectivity index is 0.857. The minimum Gasteiger partial charge on any atom is -0.458 e. The quantitative estimate of drug-likeness (QED) is 0.0560. The Kier molecular flexibility index (Phi) is 10.6. The van der Waals surface area contributed by atoms with Gasteiger partial charge >= 0.3 is 0 Å². The zero-order chi connectivity index (χ0) is 88.3. The lowest BCUT2D eigenvalue weighted by atomic mass is 9.86. The molecule has 6 heterocycles. The van der Waals surface area contributed by atoms with Gasteiger partial charge in [-0.1, -0.05) is 269 Å². The molecule has 108 heavy (non-hydrogen) atoms. The van der Waals surface area contributed by atoms with Gasteiger partial charge in [0.2, 0.25) is 0 Å². The SMILES string of the molecule is [2H]c1c([2H])c([2H])c([Si](c2c([2H])c([2H])c([2H])c([2H])c2[2H])(c2c([2H])c([2H])c([2H])c([2H])c2[2H])c2c([2H])c([2H])c([2H])c(-c3ccc4c(c3)-c3cccc(-c5ccc6oc7ccccc7c6c5)c3-[n+]3[c-]n(-c5cccc(Oc6ccc7c8ccccc8n(-c8cc(C(C)(C)C)ccn8)c7c6)c5)c5cc(-c6ccc7oc8ccccc8c7c6)cc(c53)-c3ccccc3-4)c2[2H])c([2H])c1[2H]. The topological polar surface area (TPSA) is 62.1 Å². The molecule has 0 amide bonds. The fourth-order valence-corrected chi connectivity index (χ4v) is 19.5. The van der Waals surface area contributed by atoms with E-state index in [4.69, 9.17) is 22.7 Å². The summed E-state index contributed by atoms with van der Waals surface area (Å²) in [5.74, 6) is 1.81. The van der Waals surface area contributed by atoms with E-state index in [1.54, 1.807) is 18.2 Å². The van der Waals surface area contributed by atoms with Crippen LogP contribution in [0, 0.1) is 6.33 Å². The number of hydrogen-bond acceptors (Lipinski definition) is 4. The molecule has 0 N–H and O–H groups in total. The molecule has 5 aromatic heterocycles. The van der Waals surface area contributed by atoms with Crippen LogP contribution in [-0.4, -0.2) is 22.2 Å². The number of rotatable bonds is 11. The number of ether oxygens (including phenoxy) is 1. The van der Waals surface area contributed by atoms with Gasteiger partial charge in [0, 0.05) is 44.6 Å². The van der Waals surface area contributed by atoms with Gasteiger partial charge in [0.05, 0.1) is 59.5 Å². The highest BCUT2D eigenvalue weighted by Crippen LogP contribution is 2.49. The lowest BCUT2D eigenvalue weighted by Crippen LogP contribution is -2.74. The number of furan rings is 2. The molecule has 0 radical (unpaired) electrons. The normalized spacial score (nSPS) is 14.7. The maximum atomic E-state index is 11.0. The number of imidazole rings is 1. The smallest absolute Gasteiger partial charge is 0.269 e. The molecule has 8 heteroatoms. The number of pyridine rings is 1. The number of aromatic nitrogens is 4. The van der Waals surface area contributed by atoms with Crippen molar-refractivity contribution in [1.82, 2.24) is 14.1 Å². The van der Waals surface area contributed by atoms with Gasteiger partial charge in [0.25, 0.3) is 6.33 Å². The Bertz CT molecular complexity index is 8020. The van der Waals surface area contributed by atoms with Crippen molar-refractivity contribution in [3.63, 3.8) is 0 Å². The second-order valence-electron chi connectivity index (χ2n) is 28.1. The van der Waals surface area contributed by atoms with E-state index in [0.717, 1.165) is 88.1 Å². The van der Waals surface area contributed by atoms with Gasteiger partial charge in [-0.25, -0.2) is 4.98 Å². The van der Waals surface area contributed by atoms with E-state index >= 15 is 0 Å². The lowest BCUT2D eigenvalue weighted by molar-refractivity contribution is -0.570. The second kappa shape index (κ2) is 24.7. The number of hydrogen-bond donors (Lipinski definition) is 0. The van der Waals surface area contributed by atoms with Crippen molar-refractivity contribution in [2.45, 2.75) is 26.2 Å². The summed E-state index contributed by atoms with van der Waals surface area (Å²) in [6.07, 6.45) is 5.82. The summed E-state index contributed by atoms with van der Waals surface area (Å²) in [4.78, 5) is 4.95. The van der Waals surface area contributed by atoms with E-state index < -0.39 is 149 Å². The van der Waals surface area contributed by atoms with Crippen LogP contribution in [0.25, 0.3) is 161 Å². The minimum atomic E-state index is -6.27. The Morgan fingerprint density at radius 2 is 0.944 bits per heavy atom. The van der Waals surface area contributed by atoms with Crippen LogP contribution in [0.3, 0.4) is 0 Å². The van der Waals surface area contributed by atoms with Crippen molar-refractivity contribution in [2.75, 3.05) is 0 Å². The maximum absolute atomic E-state index is 11.0. The standard InChI is InChI=1S/C100H68N4O3Si/c1-100(2,3)69-52-53-101-97(60-69)104-90-41-18-15-36-81(90)82-49-47-72(62-91(82)104)105-71-26-22-25-70(61-71)102-63-103-98-77(67-46-51-96-88(57-67)84-38-17-20-43-94(84)107-96)39-23-40-85(98)86-55-65(64-24-21-33-76(54-64)108(73-27-7-4-8-28-73,74-29-9-5-10-30-74)75-31-11-6-12-32-75)44-48-80(86)78-34-13-14-35-79(78)89-58-68(59-92(102)99(89)103)66-45-50-95-87(56-66)83-37-16-19-42-93(83)106-95/h4-62H,1-3H3/i4D,5D,6D,7D,8D,9D,10D,11D,12D,21D,24D,27D,28D,29D,30D,31D,32D,33D,54D. The fraction of sp³-hybridized carbons (Fsp3) is 0.0400. The molecular weight excluding hydrogens is 1330 g/mol. The third kappa shape index (κ3) is 10.1. The van der Waals surface area contributed by atoms with Crippen LogP contribution in [0.5, 0.6) is 11.5 Å². The first kappa shape index (κ1) is 46.2. The molecule has 1 aliphatic rings. The van der Waals surface area contributed by atoms with Crippen molar-refractivity contribution in [3.8, 4) is 95.5 Å². The molecule has 0 fully saturated rings. The molecule has 20 aromatic rings. The Morgan fingerprint density at radius 1 is 0.389 bits per heavy atom. The van der Waals surface area contributed by atoms with Gasteiger partial charge in [0.15, 0.2) is 8.07 Å². The molecule has 510 valence electrons. The van der Waals surface area contributed by atoms with Gasteiger partial charge in [-0.2, -0.15) is 0 Å². The molecule has 0 saturated heterocycles. The average molecular weight is 1420 g/mol. The monoisotopic (exact) mass is 1420 g/mol. The molecule has 0 aliphatic carbocycles. The third-order valence-corrected chi connectivity index (χ3v) is 24.9. The Labute approximate surface area is 652 Å². The summed E-state index contributed by atoms with van der Waals surface area (Å²) in [5.41, 5.74) is 14.5. The van der Waals surface area contributed by atoms with E-state index in [9.17, 15) is 21.9 Å². The molecule has 0 spiro atoms. The summed E-state index contributed by atoms with van der Waals surface area (Å²) in [6, 6.07) is 57.7. The molecule has 1 aliphatic heterocycles. The largest absolute Gasteiger partial charge is 0.458 e. The molecule has 15 aromatic carbocycles. The number of fused-ring (bicyclic) bond motifs is 16. The lowest BCUT2D eigenvalue weighted by Gasteiger charge is -2.34. The highest BCUT2D eigenvalue weighted by molar-refractivity contribution is 7.20. The van der Waals surface area contributed by atoms with Crippen LogP contribution in [-0.2, 0) is 5.41 Å². The minimum absolute atomic E-state index is 0.00329. The van der Waals surface area contributed by atoms with E-state index in [1.807, 2.05) is 185 Å². The highest BCUT2D eigenvalue weighted by Gasteiger charge is 2.42. The van der Waals surface area contributed by atoms with E-state index in [1.165, 1.54) is 0 Å². The Hall–Kier alpha value is -13.7. The van der Waals surface area contributed by atoms with E-state index in [-0.39, 0.29) is 11.0 Å². The molecule has 0 unspecified atom stereocenters. The summed E-state index contributed by atoms with van der Waals surface area (Å²) >= 11 is 0. The number of para-hydroxylation sites is 4. The van der Waals surface area contributed by atoms with Gasteiger partial charge in [-0.3, -0.25) is 13.7 Å². The predicted octanol–water partition coefficient (Wildman–Crippen LogP) is 22.8. The van der Waals surface area contributed by atoms with Crippen LogP contribution < -0.4 is 30.1 Å². The summed E-state index contributed by atoms with van der Waals surface area (Å²) in [5, 5.41) is 1.83. The van der Waals surface area contributed by atoms with Gasteiger partial charge in [-0.15, -0.1) is 0 Å². The molecule has 0 saturated carbocycles. The summed E-state index contributed by atoms with van der Waals surface area (Å²) in [7, 11) is -6.27. The van der Waals surface area contributed by atoms with Crippen LogP contribution in [0.15, 0.2) is 366 Å². The predicted molar refractivity (Wildman–Crippen MR) is 445 cm³/mol. The van der Waals surface area contributed by atoms with Crippen LogP contribution in [0.1, 0.15) is 52.4 Å². The highest BCUT2D eigenvalue weighted by atomic mass is 28.3. The molecule has 21 rings (SSSR count). The van der Waals surface area contributed by atoms with Crippen LogP contribution in [0.2, 0.25) is 0 Å². The third-order valence-electron chi connectivity index (χ3n) is 20.9. The first-order valence-electron chi connectivity index (χ1n) is 44.9. The summed E-state index contributed by atoms with van der Waals surface area (Å²) in [6.45, 7) is 6.54. The number of nitrogens with zero attached hydrogens (tertiary/aromatic N) is 4. The average Bonchev–Trinajstić information content (AvgIpc) is 0.842. The molecule has 0 bridgehead atoms. The zero-order valence-corrected chi connectivity index (χ0v) is 59.1. The van der Waals surface area contributed by atoms with Crippen molar-refractivity contribution >= 4 is 106 Å². The second-order valence-corrected chi connectivity index (χ2v) is 31.6. The summed E-state index contributed by atoms with van der Waals surface area (Å²) < 4.78 is 210. The zero-order valence-electron chi connectivity index (χ0n) is 77.1. The van der Waals surface area contributed by atoms with Crippen LogP contribution >= 0.6 is 0 Å². The van der Waals surface area contributed by atoms with Crippen molar-refractivity contribution < 1.29 is 44.2 Å². The molecule has 7 nitrogen and oxygen atoms in total. The van der Waals surface area contributed by atoms with Gasteiger partial charge in [-0.05, 0) is 196 Å². The van der Waals surface area contributed by atoms with E-state index in [0.29, 0.717) is 78.5 Å². The van der Waals surface area contributed by atoms with Crippen molar-refractivity contribution in [3.05, 3.63) is 369 Å². The Morgan fingerprint density at radius 3 is 1.66 bits per heavy atom. The van der Waals surface area contributed by atoms with Crippen molar-refractivity contribution in [1.29, 1.82) is 0 Å². The molecule has 0 atom stereocenters. The van der Waals surface area contributed by atoms with Crippen LogP contribution in [0.4, 0.5) is 0 Å².